The summed E-state index contributed by atoms with van der Waals surface area (Å²) in [6.07, 6.45) is 5.36. The van der Waals surface area contributed by atoms with Gasteiger partial charge in [-0.15, -0.1) is 5.10 Å². The van der Waals surface area contributed by atoms with E-state index in [1.165, 1.54) is 0 Å². The molecular weight excluding hydrogens is 697 g/mol. The second-order valence-electron chi connectivity index (χ2n) is 16.1. The summed E-state index contributed by atoms with van der Waals surface area (Å²) in [4.78, 5) is 46.3. The number of carbonyl (C=O) groups excluding carboxylic acids is 3. The number of amides is 3. The molecule has 4 aromatic rings. The zero-order valence-corrected chi connectivity index (χ0v) is 31.8. The molecule has 0 saturated carbocycles. The van der Waals surface area contributed by atoms with Crippen molar-refractivity contribution in [3.8, 4) is 0 Å². The number of anilines is 3. The standard InChI is InChI=1S/C43H50N6O6/c1-28-39(42(2,3)54)36(21-24-46-27-34(44-45-46)40(52)30-11-5-4-6-12-30)55-43(28)33-25-32(48-23-10-8-14-38(48)51)19-20-35(33)49(41(43)53)26-29-15-17-31(18-16-29)47-22-9-7-13-37(47)50/h4-6,11-12,15-20,25,27-28,36,39-40,52,54H,7-10,13-14,21-24,26H2,1-3H3/t28-,36+,39-,40+,43+/m0/s1. The molecule has 0 radical (unpaired) electrons. The number of hydrogen-bond donors (Lipinski definition) is 2. The lowest BCUT2D eigenvalue weighted by atomic mass is 9.70. The van der Waals surface area contributed by atoms with Crippen LogP contribution in [0.15, 0.2) is 79.0 Å². The molecule has 4 aliphatic rings. The van der Waals surface area contributed by atoms with E-state index < -0.39 is 35.2 Å². The maximum atomic E-state index is 15.1. The van der Waals surface area contributed by atoms with E-state index in [9.17, 15) is 19.8 Å². The van der Waals surface area contributed by atoms with E-state index >= 15 is 4.79 Å². The van der Waals surface area contributed by atoms with Gasteiger partial charge in [-0.05, 0) is 87.4 Å². The van der Waals surface area contributed by atoms with E-state index in [1.54, 1.807) is 29.6 Å². The number of carbonyl (C=O) groups is 3. The molecule has 5 heterocycles. The van der Waals surface area contributed by atoms with Gasteiger partial charge in [-0.2, -0.15) is 0 Å². The van der Waals surface area contributed by atoms with Crippen LogP contribution in [0.25, 0.3) is 0 Å². The molecule has 3 aromatic carbocycles. The zero-order valence-electron chi connectivity index (χ0n) is 31.8. The Morgan fingerprint density at radius 2 is 1.55 bits per heavy atom. The highest BCUT2D eigenvalue weighted by molar-refractivity contribution is 6.08. The molecule has 12 heteroatoms. The third-order valence-corrected chi connectivity index (χ3v) is 12.1. The monoisotopic (exact) mass is 746 g/mol. The smallest absolute Gasteiger partial charge is 0.264 e. The van der Waals surface area contributed by atoms with Crippen molar-refractivity contribution in [3.63, 3.8) is 0 Å². The number of benzene rings is 3. The van der Waals surface area contributed by atoms with Crippen molar-refractivity contribution in [1.82, 2.24) is 15.0 Å². The molecule has 8 rings (SSSR count). The Morgan fingerprint density at radius 3 is 2.20 bits per heavy atom. The predicted octanol–water partition coefficient (Wildman–Crippen LogP) is 5.65. The highest BCUT2D eigenvalue weighted by Gasteiger charge is 2.65. The normalized spacial score (nSPS) is 24.9. The second kappa shape index (κ2) is 14.6. The Bertz CT molecular complexity index is 2060. The number of aromatic nitrogens is 3. The topological polar surface area (TPSA) is 141 Å². The van der Waals surface area contributed by atoms with Crippen LogP contribution in [0.1, 0.15) is 94.2 Å². The van der Waals surface area contributed by atoms with Gasteiger partial charge in [0.2, 0.25) is 11.8 Å². The third kappa shape index (κ3) is 6.74. The number of fused-ring (bicyclic) bond motifs is 2. The van der Waals surface area contributed by atoms with Gasteiger partial charge in [0.25, 0.3) is 5.91 Å². The van der Waals surface area contributed by atoms with Crippen molar-refractivity contribution >= 4 is 34.8 Å². The number of ether oxygens (including phenoxy) is 1. The zero-order chi connectivity index (χ0) is 38.5. The van der Waals surface area contributed by atoms with E-state index in [4.69, 9.17) is 4.74 Å². The molecule has 0 unspecified atom stereocenters. The second-order valence-corrected chi connectivity index (χ2v) is 16.1. The summed E-state index contributed by atoms with van der Waals surface area (Å²) in [5.74, 6) is -0.905. The van der Waals surface area contributed by atoms with Gasteiger partial charge in [0.15, 0.2) is 5.60 Å². The average molecular weight is 747 g/mol. The van der Waals surface area contributed by atoms with Crippen LogP contribution in [0.3, 0.4) is 0 Å². The van der Waals surface area contributed by atoms with E-state index in [0.29, 0.717) is 61.4 Å². The summed E-state index contributed by atoms with van der Waals surface area (Å²) in [5.41, 5.74) is 2.42. The number of piperidine rings is 2. The lowest BCUT2D eigenvalue weighted by molar-refractivity contribution is -0.146. The van der Waals surface area contributed by atoms with Crippen molar-refractivity contribution in [1.29, 1.82) is 0 Å². The van der Waals surface area contributed by atoms with Crippen molar-refractivity contribution < 1.29 is 29.3 Å². The molecule has 5 atom stereocenters. The Morgan fingerprint density at radius 1 is 0.891 bits per heavy atom. The summed E-state index contributed by atoms with van der Waals surface area (Å²) in [6.45, 7) is 7.49. The Labute approximate surface area is 321 Å². The van der Waals surface area contributed by atoms with E-state index in [1.807, 2.05) is 89.5 Å². The number of aliphatic hydroxyl groups excluding tert-OH is 1. The van der Waals surface area contributed by atoms with Crippen molar-refractivity contribution in [3.05, 3.63) is 101 Å². The number of aliphatic hydroxyl groups is 2. The summed E-state index contributed by atoms with van der Waals surface area (Å²) in [7, 11) is 0. The van der Waals surface area contributed by atoms with Gasteiger partial charge in [-0.1, -0.05) is 54.6 Å². The lowest BCUT2D eigenvalue weighted by Gasteiger charge is -2.34. The van der Waals surface area contributed by atoms with Gasteiger partial charge in [-0.3, -0.25) is 19.1 Å². The summed E-state index contributed by atoms with van der Waals surface area (Å²) < 4.78 is 8.75. The molecule has 4 aliphatic heterocycles. The van der Waals surface area contributed by atoms with Gasteiger partial charge in [-0.25, -0.2) is 0 Å². The van der Waals surface area contributed by atoms with Gasteiger partial charge in [0, 0.05) is 61.2 Å². The maximum absolute atomic E-state index is 15.1. The first-order valence-corrected chi connectivity index (χ1v) is 19.6. The van der Waals surface area contributed by atoms with Crippen LogP contribution in [0.4, 0.5) is 17.1 Å². The van der Waals surface area contributed by atoms with E-state index in [2.05, 4.69) is 10.3 Å². The van der Waals surface area contributed by atoms with Crippen LogP contribution in [0.5, 0.6) is 0 Å². The fourth-order valence-corrected chi connectivity index (χ4v) is 9.40. The fourth-order valence-electron chi connectivity index (χ4n) is 9.40. The number of aryl methyl sites for hydroxylation is 1. The van der Waals surface area contributed by atoms with Gasteiger partial charge in [0.1, 0.15) is 11.8 Å². The largest absolute Gasteiger partial charge is 0.390 e. The van der Waals surface area contributed by atoms with Crippen LogP contribution in [0.2, 0.25) is 0 Å². The first-order valence-electron chi connectivity index (χ1n) is 19.6. The predicted molar refractivity (Wildman–Crippen MR) is 207 cm³/mol. The molecule has 0 bridgehead atoms. The molecule has 12 nitrogen and oxygen atoms in total. The first-order chi connectivity index (χ1) is 26.5. The molecule has 1 aromatic heterocycles. The minimum Gasteiger partial charge on any atom is -0.390 e. The molecule has 3 saturated heterocycles. The minimum atomic E-state index is -1.42. The summed E-state index contributed by atoms with van der Waals surface area (Å²) in [6, 6.07) is 22.9. The molecule has 3 amide bonds. The minimum absolute atomic E-state index is 0.0610. The molecule has 55 heavy (non-hydrogen) atoms. The van der Waals surface area contributed by atoms with Crippen LogP contribution < -0.4 is 14.7 Å². The fraction of sp³-hybridized carbons (Fsp3) is 0.465. The SMILES string of the molecule is C[C@H]1[C@H](C(C)(C)O)[C@@H](CCn2cc([C@H](O)c3ccccc3)nn2)O[C@]12C(=O)N(Cc1ccc(N3CCCCC3=O)cc1)c1ccc(N3CCCCC3=O)cc12. The third-order valence-electron chi connectivity index (χ3n) is 12.1. The Balaban J connectivity index is 1.11. The number of nitrogens with zero attached hydrogens (tertiary/aromatic N) is 6. The van der Waals surface area contributed by atoms with Crippen LogP contribution >= 0.6 is 0 Å². The first kappa shape index (κ1) is 37.0. The van der Waals surface area contributed by atoms with Crippen molar-refractivity contribution in [2.75, 3.05) is 27.8 Å². The summed E-state index contributed by atoms with van der Waals surface area (Å²) >= 11 is 0. The molecule has 1 spiro atoms. The van der Waals surface area contributed by atoms with Crippen LogP contribution in [-0.2, 0) is 37.8 Å². The average Bonchev–Trinajstić information content (AvgIpc) is 3.85. The number of hydrogen-bond acceptors (Lipinski definition) is 8. The highest BCUT2D eigenvalue weighted by atomic mass is 16.5. The molecule has 0 aliphatic carbocycles. The van der Waals surface area contributed by atoms with Crippen LogP contribution in [0, 0.1) is 11.8 Å². The maximum Gasteiger partial charge on any atom is 0.264 e. The van der Waals surface area contributed by atoms with Gasteiger partial charge >= 0.3 is 0 Å². The van der Waals surface area contributed by atoms with Gasteiger partial charge < -0.3 is 29.6 Å². The van der Waals surface area contributed by atoms with Gasteiger partial charge in [0.05, 0.1) is 30.1 Å². The van der Waals surface area contributed by atoms with Crippen molar-refractivity contribution in [2.45, 2.75) is 102 Å². The summed E-state index contributed by atoms with van der Waals surface area (Å²) in [5, 5.41) is 31.2. The highest BCUT2D eigenvalue weighted by Crippen LogP contribution is 2.58. The molecule has 3 fully saturated rings. The quantitative estimate of drug-likeness (QED) is 0.212. The Kier molecular flexibility index (Phi) is 9.85. The van der Waals surface area contributed by atoms with E-state index in [-0.39, 0.29) is 24.3 Å². The van der Waals surface area contributed by atoms with Crippen molar-refractivity contribution in [2.24, 2.45) is 11.8 Å². The lowest BCUT2D eigenvalue weighted by Crippen LogP contribution is -2.46. The molecule has 288 valence electrons. The van der Waals surface area contributed by atoms with E-state index in [0.717, 1.165) is 42.6 Å². The van der Waals surface area contributed by atoms with Crippen LogP contribution in [-0.4, -0.2) is 67.7 Å². The number of rotatable bonds is 10. The molecule has 2 N–H and O–H groups in total. The molecular formula is C43H50N6O6. The Hall–Kier alpha value is -4.91.